The Bertz CT molecular complexity index is 970. The topological polar surface area (TPSA) is 164 Å². The molecule has 2 aromatic heterocycles. The van der Waals surface area contributed by atoms with E-state index in [4.69, 9.17) is 15.4 Å². The number of pyridine rings is 1. The van der Waals surface area contributed by atoms with Crippen molar-refractivity contribution in [3.8, 4) is 17.3 Å². The number of rotatable bonds is 6. The molecule has 1 aromatic carbocycles. The number of carbonyl (C=O) groups is 2. The van der Waals surface area contributed by atoms with Crippen molar-refractivity contribution in [2.75, 3.05) is 5.32 Å². The number of anilines is 1. The van der Waals surface area contributed by atoms with Gasteiger partial charge in [-0.1, -0.05) is 17.3 Å². The maximum atomic E-state index is 12.2. The van der Waals surface area contributed by atoms with Crippen LogP contribution in [0.15, 0.2) is 47.1 Å². The summed E-state index contributed by atoms with van der Waals surface area (Å²) in [5.41, 5.74) is 6.34. The van der Waals surface area contributed by atoms with E-state index in [2.05, 4.69) is 20.4 Å². The Morgan fingerprint density at radius 3 is 2.70 bits per heavy atom. The molecule has 138 valence electrons. The molecule has 1 amide bonds. The molecule has 0 aliphatic carbocycles. The van der Waals surface area contributed by atoms with Gasteiger partial charge in [0.25, 0.3) is 0 Å². The maximum Gasteiger partial charge on any atom is 0.337 e. The van der Waals surface area contributed by atoms with E-state index in [-0.39, 0.29) is 35.1 Å². The van der Waals surface area contributed by atoms with Crippen LogP contribution in [-0.4, -0.2) is 43.3 Å². The zero-order chi connectivity index (χ0) is 19.4. The first-order chi connectivity index (χ1) is 12.9. The molecule has 27 heavy (non-hydrogen) atoms. The van der Waals surface area contributed by atoms with Crippen LogP contribution >= 0.6 is 0 Å². The molecule has 10 heteroatoms. The fourth-order valence-corrected chi connectivity index (χ4v) is 2.25. The van der Waals surface area contributed by atoms with E-state index in [0.717, 1.165) is 0 Å². The van der Waals surface area contributed by atoms with Gasteiger partial charge in [-0.25, -0.2) is 9.78 Å². The minimum Gasteiger partial charge on any atom is -0.506 e. The molecule has 10 nitrogen and oxygen atoms in total. The van der Waals surface area contributed by atoms with Crippen molar-refractivity contribution in [1.29, 1.82) is 0 Å². The fraction of sp³-hybridized carbons (Fsp3) is 0.118. The molecule has 0 aliphatic heterocycles. The molecule has 0 radical (unpaired) electrons. The van der Waals surface area contributed by atoms with E-state index < -0.39 is 17.9 Å². The molecule has 0 fully saturated rings. The predicted octanol–water partition coefficient (Wildman–Crippen LogP) is 1.04. The van der Waals surface area contributed by atoms with Crippen molar-refractivity contribution in [3.63, 3.8) is 0 Å². The van der Waals surface area contributed by atoms with Crippen molar-refractivity contribution in [2.24, 2.45) is 5.73 Å². The fourth-order valence-electron chi connectivity index (χ4n) is 2.25. The van der Waals surface area contributed by atoms with Crippen molar-refractivity contribution in [1.82, 2.24) is 15.1 Å². The number of hydrogen-bond donors (Lipinski definition) is 4. The van der Waals surface area contributed by atoms with E-state index in [1.165, 1.54) is 30.5 Å². The molecule has 5 N–H and O–H groups in total. The monoisotopic (exact) mass is 369 g/mol. The number of nitrogens with zero attached hydrogens (tertiary/aromatic N) is 3. The summed E-state index contributed by atoms with van der Waals surface area (Å²) in [4.78, 5) is 31.5. The third-order valence-corrected chi connectivity index (χ3v) is 3.59. The molecule has 0 bridgehead atoms. The van der Waals surface area contributed by atoms with Gasteiger partial charge in [0.1, 0.15) is 11.4 Å². The quantitative estimate of drug-likeness (QED) is 0.497. The number of nitrogens with one attached hydrogen (secondary N) is 1. The minimum absolute atomic E-state index is 0.00260. The smallest absolute Gasteiger partial charge is 0.337 e. The van der Waals surface area contributed by atoms with Crippen LogP contribution in [0, 0.1) is 0 Å². The highest BCUT2D eigenvalue weighted by Crippen LogP contribution is 2.17. The van der Waals surface area contributed by atoms with Gasteiger partial charge in [0, 0.05) is 0 Å². The number of nitrogens with two attached hydrogens (primary N) is 1. The second-order valence-corrected chi connectivity index (χ2v) is 5.56. The molecule has 1 unspecified atom stereocenters. The lowest BCUT2D eigenvalue weighted by Gasteiger charge is -2.12. The van der Waals surface area contributed by atoms with E-state index in [1.54, 1.807) is 12.1 Å². The molecule has 0 aliphatic rings. The van der Waals surface area contributed by atoms with Crippen LogP contribution in [0.4, 0.5) is 5.69 Å². The summed E-state index contributed by atoms with van der Waals surface area (Å²) in [6.07, 6.45) is 1.19. The van der Waals surface area contributed by atoms with Gasteiger partial charge in [-0.05, 0) is 24.3 Å². The Balaban J connectivity index is 1.67. The van der Waals surface area contributed by atoms with Crippen LogP contribution in [0.25, 0.3) is 11.5 Å². The van der Waals surface area contributed by atoms with Crippen molar-refractivity contribution in [3.05, 3.63) is 54.0 Å². The summed E-state index contributed by atoms with van der Waals surface area (Å²) in [6, 6.07) is 7.90. The van der Waals surface area contributed by atoms with Gasteiger partial charge < -0.3 is 25.8 Å². The van der Waals surface area contributed by atoms with Crippen molar-refractivity contribution >= 4 is 17.6 Å². The van der Waals surface area contributed by atoms with Crippen molar-refractivity contribution < 1.29 is 24.3 Å². The van der Waals surface area contributed by atoms with Gasteiger partial charge in [-0.3, -0.25) is 4.79 Å². The van der Waals surface area contributed by atoms with Crippen LogP contribution in [0.1, 0.15) is 16.2 Å². The SMILES string of the molecule is NC(Cc1nc(-c2ccc(O)cn2)no1)C(=O)Nc1ccccc1C(=O)O. The highest BCUT2D eigenvalue weighted by atomic mass is 16.5. The van der Waals surface area contributed by atoms with Gasteiger partial charge in [0.05, 0.1) is 29.9 Å². The van der Waals surface area contributed by atoms with Gasteiger partial charge >= 0.3 is 5.97 Å². The number of carbonyl (C=O) groups excluding carboxylic acids is 1. The lowest BCUT2D eigenvalue weighted by molar-refractivity contribution is -0.117. The molecule has 3 aromatic rings. The van der Waals surface area contributed by atoms with Crippen LogP contribution in [-0.2, 0) is 11.2 Å². The molecule has 2 heterocycles. The maximum absolute atomic E-state index is 12.2. The second-order valence-electron chi connectivity index (χ2n) is 5.56. The minimum atomic E-state index is -1.16. The van der Waals surface area contributed by atoms with E-state index in [1.807, 2.05) is 0 Å². The number of benzene rings is 1. The number of aromatic nitrogens is 3. The summed E-state index contributed by atoms with van der Waals surface area (Å²) in [5, 5.41) is 24.6. The van der Waals surface area contributed by atoms with Crippen LogP contribution in [0.3, 0.4) is 0 Å². The van der Waals surface area contributed by atoms with E-state index >= 15 is 0 Å². The molecule has 0 saturated carbocycles. The number of aromatic carboxylic acids is 1. The zero-order valence-electron chi connectivity index (χ0n) is 13.9. The first kappa shape index (κ1) is 18.0. The average molecular weight is 369 g/mol. The normalized spacial score (nSPS) is 11.7. The van der Waals surface area contributed by atoms with E-state index in [9.17, 15) is 14.7 Å². The zero-order valence-corrected chi connectivity index (χ0v) is 13.9. The summed E-state index contributed by atoms with van der Waals surface area (Å²) < 4.78 is 5.06. The lowest BCUT2D eigenvalue weighted by Crippen LogP contribution is -2.37. The second kappa shape index (κ2) is 7.62. The molecule has 0 saturated heterocycles. The highest BCUT2D eigenvalue weighted by molar-refractivity contribution is 6.02. The summed E-state index contributed by atoms with van der Waals surface area (Å²) >= 11 is 0. The van der Waals surface area contributed by atoms with Gasteiger partial charge in [0.2, 0.25) is 17.6 Å². The van der Waals surface area contributed by atoms with Crippen LogP contribution in [0.5, 0.6) is 5.75 Å². The molecule has 1 atom stereocenters. The summed E-state index contributed by atoms with van der Waals surface area (Å²) in [5.74, 6) is -1.45. The summed E-state index contributed by atoms with van der Waals surface area (Å²) in [7, 11) is 0. The predicted molar refractivity (Wildman–Crippen MR) is 92.9 cm³/mol. The standard InChI is InChI=1S/C17H15N5O5/c18-11(16(24)20-12-4-2-1-3-10(12)17(25)26)7-14-21-15(22-27-14)13-6-5-9(23)8-19-13/h1-6,8,11,23H,7,18H2,(H,20,24)(H,25,26). The first-order valence-corrected chi connectivity index (χ1v) is 7.81. The Hall–Kier alpha value is -3.79. The Morgan fingerprint density at radius 1 is 1.22 bits per heavy atom. The van der Waals surface area contributed by atoms with Gasteiger partial charge in [0.15, 0.2) is 0 Å². The Labute approximate surface area is 152 Å². The lowest BCUT2D eigenvalue weighted by atomic mass is 10.1. The molecular formula is C17H15N5O5. The number of aromatic hydroxyl groups is 1. The number of amides is 1. The third-order valence-electron chi connectivity index (χ3n) is 3.59. The average Bonchev–Trinajstić information content (AvgIpc) is 3.11. The Morgan fingerprint density at radius 2 is 2.00 bits per heavy atom. The van der Waals surface area contributed by atoms with E-state index in [0.29, 0.717) is 5.69 Å². The molecule has 0 spiro atoms. The number of carboxylic acid groups (broad SMARTS) is 1. The molecular weight excluding hydrogens is 354 g/mol. The first-order valence-electron chi connectivity index (χ1n) is 7.81. The van der Waals surface area contributed by atoms with Gasteiger partial charge in [-0.15, -0.1) is 0 Å². The van der Waals surface area contributed by atoms with Crippen molar-refractivity contribution in [2.45, 2.75) is 12.5 Å². The summed E-state index contributed by atoms with van der Waals surface area (Å²) in [6.45, 7) is 0. The Kier molecular flexibility index (Phi) is 5.08. The molecule has 3 rings (SSSR count). The number of hydrogen-bond acceptors (Lipinski definition) is 8. The van der Waals surface area contributed by atoms with Gasteiger partial charge in [-0.2, -0.15) is 4.98 Å². The highest BCUT2D eigenvalue weighted by Gasteiger charge is 2.20. The number of para-hydroxylation sites is 1. The van der Waals surface area contributed by atoms with Crippen LogP contribution < -0.4 is 11.1 Å². The number of carboxylic acids is 1. The van der Waals surface area contributed by atoms with Crippen LogP contribution in [0.2, 0.25) is 0 Å². The third kappa shape index (κ3) is 4.25. The largest absolute Gasteiger partial charge is 0.506 e.